The summed E-state index contributed by atoms with van der Waals surface area (Å²) in [5, 5.41) is 2.84. The minimum absolute atomic E-state index is 0.160. The summed E-state index contributed by atoms with van der Waals surface area (Å²) in [7, 11) is 0. The predicted molar refractivity (Wildman–Crippen MR) is 81.2 cm³/mol. The molecule has 1 saturated heterocycles. The van der Waals surface area contributed by atoms with Crippen molar-refractivity contribution >= 4 is 17.5 Å². The van der Waals surface area contributed by atoms with Crippen molar-refractivity contribution in [3.8, 4) is 5.75 Å². The molecule has 1 aliphatic heterocycles. The molecule has 1 heterocycles. The highest BCUT2D eigenvalue weighted by Gasteiger charge is 2.32. The highest BCUT2D eigenvalue weighted by molar-refractivity contribution is 5.99. The molecule has 1 aromatic rings. The number of ether oxygens (including phenoxy) is 1. The van der Waals surface area contributed by atoms with Crippen molar-refractivity contribution in [1.29, 1.82) is 0 Å². The van der Waals surface area contributed by atoms with Crippen LogP contribution in [0.2, 0.25) is 0 Å². The first kappa shape index (κ1) is 15.1. The van der Waals surface area contributed by atoms with Crippen LogP contribution in [0, 0.1) is 0 Å². The number of likely N-dealkylation sites (tertiary alicyclic amines) is 1. The minimum Gasteiger partial charge on any atom is -0.494 e. The Morgan fingerprint density at radius 3 is 2.76 bits per heavy atom. The van der Waals surface area contributed by atoms with Crippen LogP contribution in [0.15, 0.2) is 36.9 Å². The third-order valence-corrected chi connectivity index (χ3v) is 3.45. The molecule has 1 atom stereocenters. The molecule has 0 bridgehead atoms. The van der Waals surface area contributed by atoms with Gasteiger partial charge in [0.05, 0.1) is 6.61 Å². The Balaban J connectivity index is 2.00. The van der Waals surface area contributed by atoms with E-state index >= 15 is 0 Å². The fourth-order valence-electron chi connectivity index (χ4n) is 2.45. The van der Waals surface area contributed by atoms with Crippen LogP contribution >= 0.6 is 0 Å². The van der Waals surface area contributed by atoms with E-state index in [0.29, 0.717) is 25.3 Å². The summed E-state index contributed by atoms with van der Waals surface area (Å²) in [4.78, 5) is 25.6. The van der Waals surface area contributed by atoms with Crippen molar-refractivity contribution < 1.29 is 14.3 Å². The minimum atomic E-state index is -0.415. The smallest absolute Gasteiger partial charge is 0.247 e. The lowest BCUT2D eigenvalue weighted by atomic mass is 10.2. The molecule has 1 aliphatic rings. The second-order valence-corrected chi connectivity index (χ2v) is 4.84. The number of hydrogen-bond donors (Lipinski definition) is 1. The Morgan fingerprint density at radius 2 is 2.14 bits per heavy atom. The molecule has 1 N–H and O–H groups in total. The van der Waals surface area contributed by atoms with Crippen LogP contribution in [0.4, 0.5) is 5.69 Å². The van der Waals surface area contributed by atoms with E-state index in [4.69, 9.17) is 4.74 Å². The standard InChI is InChI=1S/C16H20N2O3/c1-3-15(19)18-11-5-6-14(18)16(20)17-12-7-9-13(10-8-12)21-4-2/h3,7-10,14H,1,4-6,11H2,2H3,(H,17,20)/t14-/m1/s1. The number of nitrogens with zero attached hydrogens (tertiary/aromatic N) is 1. The van der Waals surface area contributed by atoms with Crippen molar-refractivity contribution in [2.75, 3.05) is 18.5 Å². The van der Waals surface area contributed by atoms with Gasteiger partial charge in [0.25, 0.3) is 0 Å². The second kappa shape index (κ2) is 6.92. The lowest BCUT2D eigenvalue weighted by Crippen LogP contribution is -2.42. The van der Waals surface area contributed by atoms with E-state index in [0.717, 1.165) is 12.2 Å². The van der Waals surface area contributed by atoms with Crippen LogP contribution in [0.3, 0.4) is 0 Å². The van der Waals surface area contributed by atoms with Gasteiger partial charge in [-0.05, 0) is 50.1 Å². The Kier molecular flexibility index (Phi) is 4.98. The van der Waals surface area contributed by atoms with Gasteiger partial charge in [0, 0.05) is 12.2 Å². The van der Waals surface area contributed by atoms with Gasteiger partial charge in [-0.1, -0.05) is 6.58 Å². The Labute approximate surface area is 124 Å². The fourth-order valence-corrected chi connectivity index (χ4v) is 2.45. The molecule has 1 fully saturated rings. The normalized spacial score (nSPS) is 17.4. The monoisotopic (exact) mass is 288 g/mol. The molecule has 2 amide bonds. The zero-order chi connectivity index (χ0) is 15.2. The number of rotatable bonds is 5. The van der Waals surface area contributed by atoms with Crippen LogP contribution in [0.5, 0.6) is 5.75 Å². The van der Waals surface area contributed by atoms with Crippen LogP contribution in [-0.4, -0.2) is 35.9 Å². The van der Waals surface area contributed by atoms with Gasteiger partial charge >= 0.3 is 0 Å². The van der Waals surface area contributed by atoms with Gasteiger partial charge in [0.2, 0.25) is 11.8 Å². The van der Waals surface area contributed by atoms with Crippen LogP contribution in [0.25, 0.3) is 0 Å². The van der Waals surface area contributed by atoms with Gasteiger partial charge in [-0.3, -0.25) is 9.59 Å². The van der Waals surface area contributed by atoms with Gasteiger partial charge in [-0.15, -0.1) is 0 Å². The average molecular weight is 288 g/mol. The molecule has 5 nitrogen and oxygen atoms in total. The van der Waals surface area contributed by atoms with Gasteiger partial charge in [-0.2, -0.15) is 0 Å². The second-order valence-electron chi connectivity index (χ2n) is 4.84. The first-order valence-electron chi connectivity index (χ1n) is 7.12. The molecule has 0 aliphatic carbocycles. The summed E-state index contributed by atoms with van der Waals surface area (Å²) in [5.74, 6) is 0.408. The largest absolute Gasteiger partial charge is 0.494 e. The number of carbonyl (C=O) groups is 2. The molecule has 0 spiro atoms. The highest BCUT2D eigenvalue weighted by atomic mass is 16.5. The number of nitrogens with one attached hydrogen (secondary N) is 1. The van der Waals surface area contributed by atoms with E-state index in [1.165, 1.54) is 6.08 Å². The summed E-state index contributed by atoms with van der Waals surface area (Å²) in [6, 6.07) is 6.78. The highest BCUT2D eigenvalue weighted by Crippen LogP contribution is 2.21. The summed E-state index contributed by atoms with van der Waals surface area (Å²) < 4.78 is 5.35. The molecule has 0 radical (unpaired) electrons. The summed E-state index contributed by atoms with van der Waals surface area (Å²) in [5.41, 5.74) is 0.696. The van der Waals surface area contributed by atoms with Crippen molar-refractivity contribution in [3.63, 3.8) is 0 Å². The SMILES string of the molecule is C=CC(=O)N1CCC[C@@H]1C(=O)Nc1ccc(OCC)cc1. The van der Waals surface area contributed by atoms with E-state index in [-0.39, 0.29) is 11.8 Å². The van der Waals surface area contributed by atoms with E-state index in [2.05, 4.69) is 11.9 Å². The molecule has 1 aromatic carbocycles. The number of carbonyl (C=O) groups excluding carboxylic acids is 2. The molecule has 2 rings (SSSR count). The average Bonchev–Trinajstić information content (AvgIpc) is 2.98. The maximum Gasteiger partial charge on any atom is 0.247 e. The zero-order valence-electron chi connectivity index (χ0n) is 12.2. The quantitative estimate of drug-likeness (QED) is 0.845. The van der Waals surface area contributed by atoms with E-state index in [9.17, 15) is 9.59 Å². The molecular formula is C16H20N2O3. The van der Waals surface area contributed by atoms with E-state index in [1.807, 2.05) is 6.92 Å². The molecule has 5 heteroatoms. The third kappa shape index (κ3) is 3.62. The van der Waals surface area contributed by atoms with Gasteiger partial charge in [-0.25, -0.2) is 0 Å². The molecule has 0 aromatic heterocycles. The van der Waals surface area contributed by atoms with Crippen LogP contribution in [-0.2, 0) is 9.59 Å². The summed E-state index contributed by atoms with van der Waals surface area (Å²) >= 11 is 0. The van der Waals surface area contributed by atoms with Crippen molar-refractivity contribution in [2.45, 2.75) is 25.8 Å². The van der Waals surface area contributed by atoms with Crippen molar-refractivity contribution in [3.05, 3.63) is 36.9 Å². The number of amides is 2. The Hall–Kier alpha value is -2.30. The number of benzene rings is 1. The van der Waals surface area contributed by atoms with Crippen molar-refractivity contribution in [2.24, 2.45) is 0 Å². The van der Waals surface area contributed by atoms with Gasteiger partial charge in [0.1, 0.15) is 11.8 Å². The molecule has 21 heavy (non-hydrogen) atoms. The third-order valence-electron chi connectivity index (χ3n) is 3.45. The van der Waals surface area contributed by atoms with Crippen molar-refractivity contribution in [1.82, 2.24) is 4.90 Å². The lowest BCUT2D eigenvalue weighted by Gasteiger charge is -2.22. The maximum absolute atomic E-state index is 12.3. The summed E-state index contributed by atoms with van der Waals surface area (Å²) in [6.45, 7) is 6.60. The van der Waals surface area contributed by atoms with E-state index in [1.54, 1.807) is 29.2 Å². The Morgan fingerprint density at radius 1 is 1.43 bits per heavy atom. The Bertz CT molecular complexity index is 525. The molecule has 0 unspecified atom stereocenters. The number of hydrogen-bond acceptors (Lipinski definition) is 3. The molecular weight excluding hydrogens is 268 g/mol. The number of anilines is 1. The topological polar surface area (TPSA) is 58.6 Å². The fraction of sp³-hybridized carbons (Fsp3) is 0.375. The first-order valence-corrected chi connectivity index (χ1v) is 7.12. The van der Waals surface area contributed by atoms with Crippen LogP contribution in [0.1, 0.15) is 19.8 Å². The predicted octanol–water partition coefficient (Wildman–Crippen LogP) is 2.20. The molecule has 0 saturated carbocycles. The summed E-state index contributed by atoms with van der Waals surface area (Å²) in [6.07, 6.45) is 2.77. The lowest BCUT2D eigenvalue weighted by molar-refractivity contribution is -0.132. The first-order chi connectivity index (χ1) is 10.2. The van der Waals surface area contributed by atoms with Gasteiger partial charge in [0.15, 0.2) is 0 Å². The van der Waals surface area contributed by atoms with Crippen LogP contribution < -0.4 is 10.1 Å². The van der Waals surface area contributed by atoms with E-state index < -0.39 is 6.04 Å². The zero-order valence-corrected chi connectivity index (χ0v) is 12.2. The maximum atomic E-state index is 12.3. The van der Waals surface area contributed by atoms with Gasteiger partial charge < -0.3 is 15.0 Å². The molecule has 112 valence electrons.